The molecule has 0 atom stereocenters. The summed E-state index contributed by atoms with van der Waals surface area (Å²) in [7, 11) is 0. The van der Waals surface area contributed by atoms with Crippen molar-refractivity contribution in [3.63, 3.8) is 0 Å². The predicted molar refractivity (Wildman–Crippen MR) is 66.2 cm³/mol. The van der Waals surface area contributed by atoms with Gasteiger partial charge in [-0.3, -0.25) is 0 Å². The van der Waals surface area contributed by atoms with Gasteiger partial charge in [-0.25, -0.2) is 0 Å². The van der Waals surface area contributed by atoms with Gasteiger partial charge in [0, 0.05) is 17.1 Å². The molecular weight excluding hydrogens is 182 g/mol. The first-order valence-corrected chi connectivity index (χ1v) is 5.72. The summed E-state index contributed by atoms with van der Waals surface area (Å²) in [4.78, 5) is 3.35. The van der Waals surface area contributed by atoms with E-state index in [1.807, 2.05) is 0 Å². The molecule has 2 rings (SSSR count). The van der Waals surface area contributed by atoms with Crippen LogP contribution >= 0.6 is 0 Å². The summed E-state index contributed by atoms with van der Waals surface area (Å²) in [6, 6.07) is 8.54. The predicted octanol–water partition coefficient (Wildman–Crippen LogP) is 4.25. The van der Waals surface area contributed by atoms with Crippen LogP contribution in [-0.2, 0) is 5.41 Å². The molecule has 0 fully saturated rings. The van der Waals surface area contributed by atoms with Crippen molar-refractivity contribution in [2.24, 2.45) is 0 Å². The van der Waals surface area contributed by atoms with Crippen LogP contribution in [0, 0.1) is 0 Å². The minimum Gasteiger partial charge on any atom is -0.361 e. The average molecular weight is 201 g/mol. The van der Waals surface area contributed by atoms with E-state index >= 15 is 0 Å². The topological polar surface area (TPSA) is 15.8 Å². The summed E-state index contributed by atoms with van der Waals surface area (Å²) in [5.74, 6) is 0. The van der Waals surface area contributed by atoms with E-state index in [2.05, 4.69) is 56.2 Å². The van der Waals surface area contributed by atoms with Crippen LogP contribution in [0.1, 0.15) is 39.2 Å². The van der Waals surface area contributed by atoms with Crippen molar-refractivity contribution in [1.29, 1.82) is 0 Å². The molecule has 0 spiro atoms. The highest BCUT2D eigenvalue weighted by molar-refractivity contribution is 5.84. The lowest BCUT2D eigenvalue weighted by molar-refractivity contribution is 0.477. The van der Waals surface area contributed by atoms with Crippen molar-refractivity contribution < 1.29 is 0 Å². The van der Waals surface area contributed by atoms with Gasteiger partial charge in [-0.2, -0.15) is 0 Å². The van der Waals surface area contributed by atoms with Crippen LogP contribution in [0.5, 0.6) is 0 Å². The molecule has 0 aliphatic carbocycles. The second-order valence-electron chi connectivity index (χ2n) is 4.88. The van der Waals surface area contributed by atoms with Crippen molar-refractivity contribution in [2.45, 2.75) is 39.0 Å². The lowest BCUT2D eigenvalue weighted by Crippen LogP contribution is -2.15. The largest absolute Gasteiger partial charge is 0.361 e. The van der Waals surface area contributed by atoms with E-state index in [1.54, 1.807) is 0 Å². The first kappa shape index (κ1) is 10.3. The molecule has 1 heterocycles. The molecule has 0 radical (unpaired) electrons. The molecule has 0 bridgehead atoms. The number of rotatable bonds is 3. The van der Waals surface area contributed by atoms with Gasteiger partial charge in [0.05, 0.1) is 0 Å². The summed E-state index contributed by atoms with van der Waals surface area (Å²) in [6.45, 7) is 6.90. The molecule has 1 aromatic heterocycles. The highest BCUT2D eigenvalue weighted by Crippen LogP contribution is 2.33. The van der Waals surface area contributed by atoms with Gasteiger partial charge in [0.15, 0.2) is 0 Å². The normalized spacial score (nSPS) is 12.2. The van der Waals surface area contributed by atoms with E-state index in [1.165, 1.54) is 29.3 Å². The third-order valence-electron chi connectivity index (χ3n) is 3.19. The molecule has 2 aromatic rings. The summed E-state index contributed by atoms with van der Waals surface area (Å²) in [5, 5.41) is 1.37. The van der Waals surface area contributed by atoms with E-state index in [4.69, 9.17) is 0 Å². The van der Waals surface area contributed by atoms with E-state index < -0.39 is 0 Å². The highest BCUT2D eigenvalue weighted by atomic mass is 14.7. The Balaban J connectivity index is 2.52. The molecule has 1 N–H and O–H groups in total. The summed E-state index contributed by atoms with van der Waals surface area (Å²) in [5.41, 5.74) is 2.96. The molecule has 0 saturated heterocycles. The quantitative estimate of drug-likeness (QED) is 0.764. The van der Waals surface area contributed by atoms with Crippen molar-refractivity contribution in [1.82, 2.24) is 4.98 Å². The van der Waals surface area contributed by atoms with Crippen LogP contribution in [0.3, 0.4) is 0 Å². The van der Waals surface area contributed by atoms with Crippen molar-refractivity contribution in [3.8, 4) is 0 Å². The number of hydrogen-bond acceptors (Lipinski definition) is 0. The van der Waals surface area contributed by atoms with E-state index in [-0.39, 0.29) is 5.41 Å². The van der Waals surface area contributed by atoms with Gasteiger partial charge in [-0.15, -0.1) is 0 Å². The Bertz CT molecular complexity index is 451. The van der Waals surface area contributed by atoms with Gasteiger partial charge in [-0.1, -0.05) is 45.4 Å². The maximum atomic E-state index is 3.35. The second kappa shape index (κ2) is 3.73. The van der Waals surface area contributed by atoms with Crippen LogP contribution in [-0.4, -0.2) is 4.98 Å². The minimum absolute atomic E-state index is 0.272. The van der Waals surface area contributed by atoms with E-state index in [0.29, 0.717) is 0 Å². The summed E-state index contributed by atoms with van der Waals surface area (Å²) >= 11 is 0. The third-order valence-corrected chi connectivity index (χ3v) is 3.19. The molecule has 1 nitrogen and oxygen atoms in total. The molecule has 0 aliphatic heterocycles. The second-order valence-corrected chi connectivity index (χ2v) is 4.88. The number of hydrogen-bond donors (Lipinski definition) is 1. The molecule has 15 heavy (non-hydrogen) atoms. The van der Waals surface area contributed by atoms with Gasteiger partial charge in [0.1, 0.15) is 0 Å². The van der Waals surface area contributed by atoms with Crippen LogP contribution in [0.25, 0.3) is 10.9 Å². The highest BCUT2D eigenvalue weighted by Gasteiger charge is 2.22. The summed E-state index contributed by atoms with van der Waals surface area (Å²) in [6.07, 6.45) is 4.63. The van der Waals surface area contributed by atoms with Crippen LogP contribution < -0.4 is 0 Å². The lowest BCUT2D eigenvalue weighted by Gasteiger charge is -2.23. The number of benzene rings is 1. The fraction of sp³-hybridized carbons (Fsp3) is 0.429. The Labute approximate surface area is 91.5 Å². The molecule has 0 amide bonds. The molecule has 0 unspecified atom stereocenters. The Hall–Kier alpha value is -1.24. The van der Waals surface area contributed by atoms with Crippen molar-refractivity contribution >= 4 is 10.9 Å². The fourth-order valence-corrected chi connectivity index (χ4v) is 2.39. The maximum absolute atomic E-state index is 3.35. The van der Waals surface area contributed by atoms with E-state index in [9.17, 15) is 0 Å². The zero-order valence-electron chi connectivity index (χ0n) is 9.80. The molecule has 0 saturated carbocycles. The van der Waals surface area contributed by atoms with Crippen LogP contribution in [0.4, 0.5) is 0 Å². The Morgan fingerprint density at radius 3 is 2.67 bits per heavy atom. The summed E-state index contributed by atoms with van der Waals surface area (Å²) < 4.78 is 0. The maximum Gasteiger partial charge on any atom is 0.0457 e. The monoisotopic (exact) mass is 201 g/mol. The van der Waals surface area contributed by atoms with Crippen molar-refractivity contribution in [3.05, 3.63) is 36.0 Å². The number of nitrogens with one attached hydrogen (secondary N) is 1. The third kappa shape index (κ3) is 1.79. The Morgan fingerprint density at radius 2 is 1.93 bits per heavy atom. The van der Waals surface area contributed by atoms with Gasteiger partial charge in [-0.05, 0) is 23.5 Å². The molecular formula is C14H19N. The first-order chi connectivity index (χ1) is 7.15. The Morgan fingerprint density at radius 1 is 1.20 bits per heavy atom. The standard InChI is InChI=1S/C14H19N/c1-4-9-14(2,3)12-10-15-13-8-6-5-7-11(12)13/h5-8,10,15H,4,9H2,1-3H3. The zero-order valence-corrected chi connectivity index (χ0v) is 9.80. The molecule has 1 heteroatoms. The lowest BCUT2D eigenvalue weighted by atomic mass is 9.80. The molecule has 0 aliphatic rings. The SMILES string of the molecule is CCCC(C)(C)c1c[nH]c2ccccc12. The first-order valence-electron chi connectivity index (χ1n) is 5.72. The van der Waals surface area contributed by atoms with Crippen LogP contribution in [0.15, 0.2) is 30.5 Å². The molecule has 80 valence electrons. The van der Waals surface area contributed by atoms with Crippen molar-refractivity contribution in [2.75, 3.05) is 0 Å². The number of aromatic amines is 1. The Kier molecular flexibility index (Phi) is 2.56. The number of fused-ring (bicyclic) bond motifs is 1. The average Bonchev–Trinajstić information content (AvgIpc) is 2.61. The number of aromatic nitrogens is 1. The van der Waals surface area contributed by atoms with Crippen LogP contribution in [0.2, 0.25) is 0 Å². The van der Waals surface area contributed by atoms with E-state index in [0.717, 1.165) is 0 Å². The zero-order chi connectivity index (χ0) is 10.9. The van der Waals surface area contributed by atoms with Gasteiger partial charge in [0.25, 0.3) is 0 Å². The van der Waals surface area contributed by atoms with Gasteiger partial charge in [0.2, 0.25) is 0 Å². The van der Waals surface area contributed by atoms with Gasteiger partial charge >= 0.3 is 0 Å². The minimum atomic E-state index is 0.272. The fourth-order valence-electron chi connectivity index (χ4n) is 2.39. The molecule has 1 aromatic carbocycles. The smallest absolute Gasteiger partial charge is 0.0457 e. The number of H-pyrrole nitrogens is 1. The van der Waals surface area contributed by atoms with Gasteiger partial charge < -0.3 is 4.98 Å². The number of para-hydroxylation sites is 1.